The number of hydrogen-bond acceptors (Lipinski definition) is 3. The van der Waals surface area contributed by atoms with Crippen LogP contribution in [0.4, 0.5) is 13.2 Å². The predicted octanol–water partition coefficient (Wildman–Crippen LogP) is 7.95. The average molecular weight is 484 g/mol. The molecule has 1 aliphatic heterocycles. The number of rotatable bonds is 3. The topological polar surface area (TPSA) is 35.5 Å². The number of cyclic esters (lactones) is 1. The first kappa shape index (κ1) is 22.2. The SMILES string of the molecule is COc1ccc2ccccc2c1-c1c2c(cc3ccccc13)C(=O)O[C@H]2c1ccc(C(F)(F)F)cc1. The minimum absolute atomic E-state index is 0.392. The molecule has 0 amide bonds. The van der Waals surface area contributed by atoms with Crippen molar-refractivity contribution in [1.82, 2.24) is 0 Å². The zero-order valence-corrected chi connectivity index (χ0v) is 19.1. The third-order valence-electron chi connectivity index (χ3n) is 6.70. The molecule has 3 nitrogen and oxygen atoms in total. The molecule has 1 heterocycles. The summed E-state index contributed by atoms with van der Waals surface area (Å²) in [7, 11) is 1.59. The summed E-state index contributed by atoms with van der Waals surface area (Å²) in [5.41, 5.74) is 2.29. The van der Waals surface area contributed by atoms with Crippen LogP contribution in [-0.2, 0) is 10.9 Å². The molecule has 0 saturated heterocycles. The van der Waals surface area contributed by atoms with Gasteiger partial charge in [-0.05, 0) is 51.4 Å². The number of hydrogen-bond donors (Lipinski definition) is 0. The van der Waals surface area contributed by atoms with Gasteiger partial charge in [0.05, 0.1) is 18.2 Å². The van der Waals surface area contributed by atoms with Gasteiger partial charge in [-0.25, -0.2) is 4.79 Å². The molecule has 5 aromatic rings. The molecule has 1 aliphatic rings. The number of benzene rings is 5. The van der Waals surface area contributed by atoms with E-state index in [1.54, 1.807) is 13.2 Å². The number of esters is 1. The van der Waals surface area contributed by atoms with Crippen LogP contribution in [0.15, 0.2) is 91.0 Å². The van der Waals surface area contributed by atoms with Crippen LogP contribution in [0.2, 0.25) is 0 Å². The van der Waals surface area contributed by atoms with Gasteiger partial charge in [-0.15, -0.1) is 0 Å². The van der Waals surface area contributed by atoms with E-state index in [1.165, 1.54) is 12.1 Å². The molecule has 6 rings (SSSR count). The maximum Gasteiger partial charge on any atom is 0.416 e. The number of carbonyl (C=O) groups is 1. The Morgan fingerprint density at radius 2 is 1.42 bits per heavy atom. The molecule has 0 unspecified atom stereocenters. The van der Waals surface area contributed by atoms with E-state index in [-0.39, 0.29) is 0 Å². The van der Waals surface area contributed by atoms with E-state index in [0.29, 0.717) is 22.4 Å². The molecule has 0 aliphatic carbocycles. The Hall–Kier alpha value is -4.32. The molecule has 1 atom stereocenters. The summed E-state index contributed by atoms with van der Waals surface area (Å²) in [6, 6.07) is 26.0. The lowest BCUT2D eigenvalue weighted by Gasteiger charge is -2.20. The highest BCUT2D eigenvalue weighted by molar-refractivity contribution is 6.13. The van der Waals surface area contributed by atoms with Gasteiger partial charge in [0, 0.05) is 16.7 Å². The van der Waals surface area contributed by atoms with Crippen LogP contribution in [0.3, 0.4) is 0 Å². The van der Waals surface area contributed by atoms with E-state index >= 15 is 0 Å². The van der Waals surface area contributed by atoms with Crippen molar-refractivity contribution in [3.8, 4) is 16.9 Å². The van der Waals surface area contributed by atoms with E-state index in [0.717, 1.165) is 44.8 Å². The molecule has 0 N–H and O–H groups in total. The van der Waals surface area contributed by atoms with Crippen LogP contribution >= 0.6 is 0 Å². The molecular formula is C30H19F3O3. The Bertz CT molecular complexity index is 1650. The van der Waals surface area contributed by atoms with E-state index in [1.807, 2.05) is 60.7 Å². The third kappa shape index (κ3) is 3.40. The zero-order valence-electron chi connectivity index (χ0n) is 19.1. The fourth-order valence-corrected chi connectivity index (χ4v) is 5.06. The van der Waals surface area contributed by atoms with Gasteiger partial charge in [0.2, 0.25) is 0 Å². The Labute approximate surface area is 204 Å². The van der Waals surface area contributed by atoms with Crippen molar-refractivity contribution >= 4 is 27.5 Å². The summed E-state index contributed by atoms with van der Waals surface area (Å²) in [6.45, 7) is 0. The highest BCUT2D eigenvalue weighted by Crippen LogP contribution is 2.50. The van der Waals surface area contributed by atoms with Gasteiger partial charge >= 0.3 is 12.1 Å². The fraction of sp³-hybridized carbons (Fsp3) is 0.100. The van der Waals surface area contributed by atoms with Crippen LogP contribution in [0.1, 0.15) is 33.2 Å². The molecular weight excluding hydrogens is 465 g/mol. The molecule has 36 heavy (non-hydrogen) atoms. The van der Waals surface area contributed by atoms with E-state index < -0.39 is 23.8 Å². The molecule has 0 bridgehead atoms. The summed E-state index contributed by atoms with van der Waals surface area (Å²) in [5.74, 6) is 0.110. The van der Waals surface area contributed by atoms with Gasteiger partial charge in [0.25, 0.3) is 0 Å². The highest BCUT2D eigenvalue weighted by atomic mass is 19.4. The van der Waals surface area contributed by atoms with Gasteiger partial charge in [-0.3, -0.25) is 0 Å². The molecule has 0 spiro atoms. The van der Waals surface area contributed by atoms with Gasteiger partial charge in [-0.1, -0.05) is 66.7 Å². The second kappa shape index (κ2) is 8.12. The maximum absolute atomic E-state index is 13.2. The number of ether oxygens (including phenoxy) is 2. The van der Waals surface area contributed by atoms with Crippen LogP contribution in [0.25, 0.3) is 32.7 Å². The van der Waals surface area contributed by atoms with Gasteiger partial charge in [0.1, 0.15) is 5.75 Å². The van der Waals surface area contributed by atoms with E-state index in [4.69, 9.17) is 9.47 Å². The van der Waals surface area contributed by atoms with Crippen molar-refractivity contribution in [1.29, 1.82) is 0 Å². The second-order valence-electron chi connectivity index (χ2n) is 8.70. The number of alkyl halides is 3. The van der Waals surface area contributed by atoms with Crippen molar-refractivity contribution in [2.24, 2.45) is 0 Å². The van der Waals surface area contributed by atoms with Crippen LogP contribution < -0.4 is 4.74 Å². The lowest BCUT2D eigenvalue weighted by atomic mass is 9.84. The van der Waals surface area contributed by atoms with Crippen LogP contribution in [0, 0.1) is 0 Å². The highest BCUT2D eigenvalue weighted by Gasteiger charge is 2.38. The minimum atomic E-state index is -4.46. The Balaban J connectivity index is 1.70. The van der Waals surface area contributed by atoms with Crippen molar-refractivity contribution in [2.45, 2.75) is 12.3 Å². The number of carbonyl (C=O) groups excluding carboxylic acids is 1. The third-order valence-corrected chi connectivity index (χ3v) is 6.70. The molecule has 0 aromatic heterocycles. The summed E-state index contributed by atoms with van der Waals surface area (Å²) in [5, 5.41) is 3.67. The summed E-state index contributed by atoms with van der Waals surface area (Å²) < 4.78 is 51.2. The largest absolute Gasteiger partial charge is 0.496 e. The summed E-state index contributed by atoms with van der Waals surface area (Å²) in [4.78, 5) is 13.1. The summed E-state index contributed by atoms with van der Waals surface area (Å²) >= 11 is 0. The van der Waals surface area contributed by atoms with Gasteiger partial charge in [-0.2, -0.15) is 13.2 Å². The van der Waals surface area contributed by atoms with Crippen molar-refractivity contribution in [2.75, 3.05) is 7.11 Å². The van der Waals surface area contributed by atoms with Gasteiger partial charge in [0.15, 0.2) is 6.10 Å². The standard InChI is InChI=1S/C30H19F3O3/c1-35-24-15-12-17-6-2-4-8-21(17)25(24)26-22-9-5-3-7-19(22)16-23-27(26)28(36-29(23)34)18-10-13-20(14-11-18)30(31,32)33/h2-16,28H,1H3/t28-/m0/s1. The Morgan fingerprint density at radius 1 is 0.778 bits per heavy atom. The molecule has 0 fully saturated rings. The zero-order chi connectivity index (χ0) is 25.0. The number of halogens is 3. The Kier molecular flexibility index (Phi) is 5.00. The second-order valence-corrected chi connectivity index (χ2v) is 8.70. The predicted molar refractivity (Wildman–Crippen MR) is 132 cm³/mol. The van der Waals surface area contributed by atoms with Crippen molar-refractivity contribution in [3.05, 3.63) is 113 Å². The molecule has 0 saturated carbocycles. The minimum Gasteiger partial charge on any atom is -0.496 e. The first-order chi connectivity index (χ1) is 17.4. The monoisotopic (exact) mass is 484 g/mol. The van der Waals surface area contributed by atoms with E-state index in [9.17, 15) is 18.0 Å². The molecule has 5 aromatic carbocycles. The smallest absolute Gasteiger partial charge is 0.416 e. The first-order valence-corrected chi connectivity index (χ1v) is 11.4. The van der Waals surface area contributed by atoms with Crippen molar-refractivity contribution in [3.63, 3.8) is 0 Å². The van der Waals surface area contributed by atoms with E-state index in [2.05, 4.69) is 0 Å². The fourth-order valence-electron chi connectivity index (χ4n) is 5.06. The lowest BCUT2D eigenvalue weighted by molar-refractivity contribution is -0.137. The van der Waals surface area contributed by atoms with Crippen LogP contribution in [-0.4, -0.2) is 13.1 Å². The Morgan fingerprint density at radius 3 is 2.08 bits per heavy atom. The van der Waals surface area contributed by atoms with Gasteiger partial charge < -0.3 is 9.47 Å². The number of methoxy groups -OCH3 is 1. The average Bonchev–Trinajstić information content (AvgIpc) is 3.22. The van der Waals surface area contributed by atoms with Crippen LogP contribution in [0.5, 0.6) is 5.75 Å². The maximum atomic E-state index is 13.2. The number of fused-ring (bicyclic) bond motifs is 3. The summed E-state index contributed by atoms with van der Waals surface area (Å²) in [6.07, 6.45) is -5.32. The first-order valence-electron chi connectivity index (χ1n) is 11.4. The molecule has 178 valence electrons. The molecule has 0 radical (unpaired) electrons. The normalized spacial score (nSPS) is 15.2. The lowest BCUT2D eigenvalue weighted by Crippen LogP contribution is -2.07. The molecule has 6 heteroatoms. The van der Waals surface area contributed by atoms with Crippen molar-refractivity contribution < 1.29 is 27.4 Å². The quantitative estimate of drug-likeness (QED) is 0.244.